The molecule has 7 rings (SSSR count). The Morgan fingerprint density at radius 2 is 1.67 bits per heavy atom. The minimum atomic E-state index is -5.08. The van der Waals surface area contributed by atoms with Gasteiger partial charge in [0.1, 0.15) is 0 Å². The van der Waals surface area contributed by atoms with Crippen LogP contribution in [-0.2, 0) is 15.0 Å². The van der Waals surface area contributed by atoms with Crippen LogP contribution in [0.1, 0.15) is 33.8 Å². The zero-order chi connectivity index (χ0) is 30.5. The molecule has 3 heterocycles. The number of carbonyl (C=O) groups is 3. The van der Waals surface area contributed by atoms with Gasteiger partial charge < -0.3 is 20.2 Å². The fourth-order valence-electron chi connectivity index (χ4n) is 5.99. The zero-order valence-corrected chi connectivity index (χ0v) is 23.1. The number of para-hydroxylation sites is 1. The van der Waals surface area contributed by atoms with Crippen molar-refractivity contribution in [2.45, 2.75) is 23.9 Å². The Balaban J connectivity index is 0.000000423. The van der Waals surface area contributed by atoms with Gasteiger partial charge in [-0.05, 0) is 48.9 Å². The molecule has 2 fully saturated rings. The van der Waals surface area contributed by atoms with Crippen LogP contribution in [0.15, 0.2) is 66.7 Å². The van der Waals surface area contributed by atoms with Crippen molar-refractivity contribution in [1.82, 2.24) is 20.0 Å². The number of nitrogens with zero attached hydrogens (tertiary/aromatic N) is 3. The van der Waals surface area contributed by atoms with Crippen molar-refractivity contribution >= 4 is 34.4 Å². The number of likely N-dealkylation sites (N-methyl/N-ethyl adjacent to an activating group) is 1. The van der Waals surface area contributed by atoms with Gasteiger partial charge in [0.05, 0.1) is 16.6 Å². The SMILES string of the molecule is CN1CCN(C(=O)c2ccc(-c3n[nH]c4cc([C@@H]5C[C@@]56C(=O)Nc5ccccc56)ccc34)cc2)CC1.O=C(O)C(F)(F)F. The highest BCUT2D eigenvalue weighted by molar-refractivity contribution is 6.10. The number of aliphatic carboxylic acids is 1. The standard InChI is InChI=1S/C29H27N5O2.C2HF3O2/c1-33-12-14-34(15-13-33)27(35)19-8-6-18(7-9-19)26-21-11-10-20(16-25(21)31-32-26)23-17-29(23)22-4-2-3-5-24(22)30-28(29)36;3-2(4,5)1(6)7/h2-11,16,23H,12-15,17H2,1H3,(H,30,36)(H,31,32);(H,6,7)/t23-,29-;/m0./s1. The lowest BCUT2D eigenvalue weighted by molar-refractivity contribution is -0.192. The van der Waals surface area contributed by atoms with E-state index in [0.717, 1.165) is 71.6 Å². The van der Waals surface area contributed by atoms with Crippen molar-refractivity contribution in [3.8, 4) is 11.3 Å². The fraction of sp³-hybridized carbons (Fsp3) is 0.290. The average molecular weight is 592 g/mol. The normalized spacial score (nSPS) is 21.3. The number of halogens is 3. The van der Waals surface area contributed by atoms with E-state index < -0.39 is 17.6 Å². The second-order valence-corrected chi connectivity index (χ2v) is 11.1. The van der Waals surface area contributed by atoms with Crippen LogP contribution < -0.4 is 5.32 Å². The lowest BCUT2D eigenvalue weighted by Crippen LogP contribution is -2.47. The van der Waals surface area contributed by atoms with Crippen molar-refractivity contribution in [3.05, 3.63) is 83.4 Å². The molecule has 12 heteroatoms. The van der Waals surface area contributed by atoms with E-state index in [1.807, 2.05) is 47.4 Å². The number of nitrogens with one attached hydrogen (secondary N) is 2. The summed E-state index contributed by atoms with van der Waals surface area (Å²) in [5.41, 5.74) is 6.24. The molecule has 222 valence electrons. The molecule has 3 aliphatic rings. The number of hydrogen-bond acceptors (Lipinski definition) is 5. The van der Waals surface area contributed by atoms with Crippen LogP contribution in [0.25, 0.3) is 22.2 Å². The molecule has 43 heavy (non-hydrogen) atoms. The number of alkyl halides is 3. The van der Waals surface area contributed by atoms with E-state index in [4.69, 9.17) is 9.90 Å². The van der Waals surface area contributed by atoms with Crippen molar-refractivity contribution in [3.63, 3.8) is 0 Å². The molecule has 1 saturated carbocycles. The van der Waals surface area contributed by atoms with Gasteiger partial charge in [0.15, 0.2) is 0 Å². The van der Waals surface area contributed by atoms with Gasteiger partial charge in [-0.25, -0.2) is 4.79 Å². The third-order valence-corrected chi connectivity index (χ3v) is 8.45. The lowest BCUT2D eigenvalue weighted by Gasteiger charge is -2.32. The molecule has 4 aromatic rings. The number of carbonyl (C=O) groups excluding carboxylic acids is 2. The summed E-state index contributed by atoms with van der Waals surface area (Å²) in [6, 6.07) is 22.1. The lowest BCUT2D eigenvalue weighted by atomic mass is 9.91. The van der Waals surface area contributed by atoms with Crippen LogP contribution >= 0.6 is 0 Å². The molecule has 2 amide bonds. The molecule has 0 unspecified atom stereocenters. The molecular weight excluding hydrogens is 563 g/mol. The average Bonchev–Trinajstić information content (AvgIpc) is 3.51. The highest BCUT2D eigenvalue weighted by atomic mass is 19.4. The number of fused-ring (bicyclic) bond motifs is 3. The first-order chi connectivity index (χ1) is 20.5. The van der Waals surface area contributed by atoms with Crippen LogP contribution in [0.2, 0.25) is 0 Å². The molecule has 1 aliphatic carbocycles. The van der Waals surface area contributed by atoms with Crippen molar-refractivity contribution in [2.75, 3.05) is 38.5 Å². The first-order valence-electron chi connectivity index (χ1n) is 13.8. The number of aromatic amines is 1. The highest BCUT2D eigenvalue weighted by Crippen LogP contribution is 2.65. The first-order valence-corrected chi connectivity index (χ1v) is 13.8. The van der Waals surface area contributed by atoms with E-state index in [-0.39, 0.29) is 17.7 Å². The zero-order valence-electron chi connectivity index (χ0n) is 23.1. The second kappa shape index (κ2) is 10.5. The summed E-state index contributed by atoms with van der Waals surface area (Å²) in [4.78, 5) is 38.8. The minimum absolute atomic E-state index is 0.0852. The van der Waals surface area contributed by atoms with Crippen molar-refractivity contribution in [1.29, 1.82) is 0 Å². The molecule has 0 bridgehead atoms. The smallest absolute Gasteiger partial charge is 0.475 e. The molecule has 3 aromatic carbocycles. The summed E-state index contributed by atoms with van der Waals surface area (Å²) in [6.45, 7) is 3.34. The van der Waals surface area contributed by atoms with Gasteiger partial charge in [0, 0.05) is 54.3 Å². The van der Waals surface area contributed by atoms with E-state index in [1.165, 1.54) is 0 Å². The number of rotatable bonds is 3. The summed E-state index contributed by atoms with van der Waals surface area (Å²) < 4.78 is 31.7. The molecular formula is C31H28F3N5O4. The number of hydrogen-bond donors (Lipinski definition) is 3. The molecule has 9 nitrogen and oxygen atoms in total. The van der Waals surface area contributed by atoms with Gasteiger partial charge in [-0.3, -0.25) is 14.7 Å². The highest BCUT2D eigenvalue weighted by Gasteiger charge is 2.65. The maximum Gasteiger partial charge on any atom is 0.490 e. The molecule has 1 spiro atoms. The predicted octanol–water partition coefficient (Wildman–Crippen LogP) is 4.63. The Kier molecular flexibility index (Phi) is 6.96. The molecule has 3 N–H and O–H groups in total. The van der Waals surface area contributed by atoms with Gasteiger partial charge in [0.2, 0.25) is 5.91 Å². The topological polar surface area (TPSA) is 119 Å². The number of H-pyrrole nitrogens is 1. The summed E-state index contributed by atoms with van der Waals surface area (Å²) in [5.74, 6) is -2.41. The fourth-order valence-corrected chi connectivity index (χ4v) is 5.99. The molecule has 0 radical (unpaired) electrons. The van der Waals surface area contributed by atoms with Crippen LogP contribution in [0.3, 0.4) is 0 Å². The van der Waals surface area contributed by atoms with Crippen LogP contribution in [0, 0.1) is 0 Å². The van der Waals surface area contributed by atoms with E-state index in [2.05, 4.69) is 51.7 Å². The monoisotopic (exact) mass is 591 g/mol. The number of anilines is 1. The maximum absolute atomic E-state index is 12.9. The summed E-state index contributed by atoms with van der Waals surface area (Å²) >= 11 is 0. The largest absolute Gasteiger partial charge is 0.490 e. The van der Waals surface area contributed by atoms with Gasteiger partial charge in [0.25, 0.3) is 5.91 Å². The van der Waals surface area contributed by atoms with Gasteiger partial charge >= 0.3 is 12.1 Å². The number of aromatic nitrogens is 2. The quantitative estimate of drug-likeness (QED) is 0.320. The third kappa shape index (κ3) is 5.11. The Morgan fingerprint density at radius 1 is 1.00 bits per heavy atom. The number of benzene rings is 3. The minimum Gasteiger partial charge on any atom is -0.475 e. The third-order valence-electron chi connectivity index (χ3n) is 8.45. The van der Waals surface area contributed by atoms with Crippen molar-refractivity contribution in [2.24, 2.45) is 0 Å². The van der Waals surface area contributed by atoms with Crippen LogP contribution in [-0.4, -0.2) is 82.3 Å². The summed E-state index contributed by atoms with van der Waals surface area (Å²) in [7, 11) is 2.08. The van der Waals surface area contributed by atoms with Gasteiger partial charge in [-0.1, -0.05) is 42.5 Å². The van der Waals surface area contributed by atoms with Crippen LogP contribution in [0.4, 0.5) is 18.9 Å². The van der Waals surface area contributed by atoms with Gasteiger partial charge in [-0.15, -0.1) is 0 Å². The Hall–Kier alpha value is -4.71. The predicted molar refractivity (Wildman–Crippen MR) is 153 cm³/mol. The maximum atomic E-state index is 12.9. The number of piperazine rings is 1. The van der Waals surface area contributed by atoms with E-state index in [1.54, 1.807) is 0 Å². The Morgan fingerprint density at radius 3 is 2.35 bits per heavy atom. The first kappa shape index (κ1) is 28.4. The summed E-state index contributed by atoms with van der Waals surface area (Å²) in [5, 5.41) is 19.0. The van der Waals surface area contributed by atoms with Crippen LogP contribution in [0.5, 0.6) is 0 Å². The Labute approximate surface area is 244 Å². The molecule has 2 atom stereocenters. The Bertz CT molecular complexity index is 1730. The van der Waals surface area contributed by atoms with E-state index >= 15 is 0 Å². The summed E-state index contributed by atoms with van der Waals surface area (Å²) in [6.07, 6.45) is -4.26. The van der Waals surface area contributed by atoms with E-state index in [9.17, 15) is 22.8 Å². The van der Waals surface area contributed by atoms with Crippen molar-refractivity contribution < 1.29 is 32.7 Å². The van der Waals surface area contributed by atoms with E-state index in [0.29, 0.717) is 5.56 Å². The second-order valence-electron chi connectivity index (χ2n) is 11.1. The molecule has 1 aromatic heterocycles. The molecule has 2 aliphatic heterocycles. The van der Waals surface area contributed by atoms with Gasteiger partial charge in [-0.2, -0.15) is 18.3 Å². The number of amides is 2. The number of carboxylic acid groups (broad SMARTS) is 1. The number of carboxylic acids is 1. The molecule has 1 saturated heterocycles.